The Morgan fingerprint density at radius 3 is 2.23 bits per heavy atom. The van der Waals surface area contributed by atoms with E-state index in [1.54, 1.807) is 0 Å². The summed E-state index contributed by atoms with van der Waals surface area (Å²) in [4.78, 5) is 12.2. The van der Waals surface area contributed by atoms with Crippen LogP contribution in [0.25, 0.3) is 0 Å². The molecule has 0 radical (unpaired) electrons. The largest absolute Gasteiger partial charge is 0.480 e. The van der Waals surface area contributed by atoms with Crippen molar-refractivity contribution in [3.63, 3.8) is 0 Å². The third-order valence-electron chi connectivity index (χ3n) is 6.13. The van der Waals surface area contributed by atoms with Crippen LogP contribution in [0, 0.1) is 41.5 Å². The first-order valence-corrected chi connectivity index (χ1v) is 10.7. The molecule has 30 heavy (non-hydrogen) atoms. The fourth-order valence-corrected chi connectivity index (χ4v) is 4.56. The molecule has 1 aliphatic rings. The summed E-state index contributed by atoms with van der Waals surface area (Å²) in [5.74, 6) is 1.20. The van der Waals surface area contributed by atoms with Crippen molar-refractivity contribution < 1.29 is 14.3 Å². The molecule has 5 heteroatoms. The molecule has 4 nitrogen and oxygen atoms in total. The second kappa shape index (κ2) is 8.03. The average Bonchev–Trinajstić information content (AvgIpc) is 2.65. The molecule has 0 aliphatic carbocycles. The van der Waals surface area contributed by atoms with Crippen molar-refractivity contribution in [3.8, 4) is 11.5 Å². The van der Waals surface area contributed by atoms with Crippen LogP contribution in [-0.2, 0) is 11.2 Å². The maximum absolute atomic E-state index is 11.6. The van der Waals surface area contributed by atoms with Gasteiger partial charge in [0, 0.05) is 18.2 Å². The molecule has 1 heterocycles. The van der Waals surface area contributed by atoms with E-state index in [1.807, 2.05) is 27.7 Å². The lowest BCUT2D eigenvalue weighted by molar-refractivity contribution is -0.132. The summed E-state index contributed by atoms with van der Waals surface area (Å²) >= 11 is 5.84. The van der Waals surface area contributed by atoms with Crippen molar-refractivity contribution in [2.75, 3.05) is 5.32 Å². The van der Waals surface area contributed by atoms with Crippen LogP contribution < -0.4 is 14.8 Å². The second-order valence-electron chi connectivity index (χ2n) is 8.67. The molecule has 1 unspecified atom stereocenters. The Balaban J connectivity index is 1.95. The first kappa shape index (κ1) is 22.3. The van der Waals surface area contributed by atoms with Gasteiger partial charge in [-0.25, -0.2) is 0 Å². The highest BCUT2D eigenvalue weighted by molar-refractivity contribution is 7.80. The minimum atomic E-state index is -0.612. The van der Waals surface area contributed by atoms with Gasteiger partial charge in [0.1, 0.15) is 16.5 Å². The van der Waals surface area contributed by atoms with Crippen molar-refractivity contribution in [1.29, 1.82) is 0 Å². The molecule has 2 aromatic carbocycles. The van der Waals surface area contributed by atoms with Crippen LogP contribution in [0.1, 0.15) is 59.2 Å². The maximum Gasteiger partial charge on any atom is 0.308 e. The van der Waals surface area contributed by atoms with E-state index in [1.165, 1.54) is 23.6 Å². The highest BCUT2D eigenvalue weighted by Gasteiger charge is 2.38. The third-order valence-corrected chi connectivity index (χ3v) is 6.67. The maximum atomic E-state index is 11.6. The molecule has 3 rings (SSSR count). The number of rotatable bonds is 3. The van der Waals surface area contributed by atoms with E-state index in [0.29, 0.717) is 10.7 Å². The molecular formula is C25H31NO3S. The normalized spacial score (nSPS) is 17.7. The Labute approximate surface area is 185 Å². The first-order valence-electron chi connectivity index (χ1n) is 10.3. The highest BCUT2D eigenvalue weighted by Crippen LogP contribution is 2.44. The Morgan fingerprint density at radius 1 is 1.07 bits per heavy atom. The zero-order chi connectivity index (χ0) is 22.4. The van der Waals surface area contributed by atoms with E-state index >= 15 is 0 Å². The van der Waals surface area contributed by atoms with Crippen LogP contribution in [-0.4, -0.2) is 16.6 Å². The van der Waals surface area contributed by atoms with Gasteiger partial charge in [-0.15, -0.1) is 0 Å². The molecule has 0 saturated heterocycles. The van der Waals surface area contributed by atoms with Gasteiger partial charge in [0.25, 0.3) is 0 Å². The molecule has 0 saturated carbocycles. The molecule has 1 aliphatic heterocycles. The number of fused-ring (bicyclic) bond motifs is 1. The first-order chi connectivity index (χ1) is 13.9. The number of ether oxygens (including phenoxy) is 2. The molecule has 0 spiro atoms. The van der Waals surface area contributed by atoms with Crippen LogP contribution in [0.15, 0.2) is 12.1 Å². The summed E-state index contributed by atoms with van der Waals surface area (Å²) in [6, 6.07) is 4.31. The van der Waals surface area contributed by atoms with Crippen molar-refractivity contribution in [2.45, 2.75) is 73.8 Å². The van der Waals surface area contributed by atoms with E-state index in [-0.39, 0.29) is 5.97 Å². The van der Waals surface area contributed by atoms with Crippen LogP contribution >= 0.6 is 12.2 Å². The summed E-state index contributed by atoms with van der Waals surface area (Å²) in [5, 5.41) is 3.47. The monoisotopic (exact) mass is 425 g/mol. The second-order valence-corrected chi connectivity index (χ2v) is 9.07. The van der Waals surface area contributed by atoms with E-state index < -0.39 is 5.60 Å². The Bertz CT molecular complexity index is 1030. The molecule has 160 valence electrons. The van der Waals surface area contributed by atoms with Gasteiger partial charge in [0.15, 0.2) is 5.60 Å². The van der Waals surface area contributed by atoms with Gasteiger partial charge in [-0.05, 0) is 89.1 Å². The van der Waals surface area contributed by atoms with Crippen molar-refractivity contribution >= 4 is 28.9 Å². The van der Waals surface area contributed by atoms with Crippen LogP contribution in [0.3, 0.4) is 0 Å². The lowest BCUT2D eigenvalue weighted by Crippen LogP contribution is -2.47. The van der Waals surface area contributed by atoms with Gasteiger partial charge in [-0.2, -0.15) is 0 Å². The van der Waals surface area contributed by atoms with Crippen molar-refractivity contribution in [2.24, 2.45) is 0 Å². The number of anilines is 1. The van der Waals surface area contributed by atoms with Gasteiger partial charge >= 0.3 is 5.97 Å². The lowest BCUT2D eigenvalue weighted by atomic mass is 9.87. The Hall–Kier alpha value is -2.40. The molecule has 2 aromatic rings. The van der Waals surface area contributed by atoms with Gasteiger partial charge in [-0.1, -0.05) is 29.9 Å². The number of benzene rings is 2. The smallest absolute Gasteiger partial charge is 0.308 e. The summed E-state index contributed by atoms with van der Waals surface area (Å²) in [5.41, 5.74) is 7.99. The Kier molecular flexibility index (Phi) is 5.96. The average molecular weight is 426 g/mol. The molecule has 1 N–H and O–H groups in total. The standard InChI is InChI=1S/C25H31NO3S/c1-13-11-14(2)21(15(3)12-13)26-24(30)25(8)10-9-20-18(6)22(28-19(7)27)16(4)17(5)23(20)29-25/h11-12H,9-10H2,1-8H3,(H,26,30). The van der Waals surface area contributed by atoms with Crippen LogP contribution in [0.4, 0.5) is 5.69 Å². The minimum absolute atomic E-state index is 0.309. The fraction of sp³-hybridized carbons (Fsp3) is 0.440. The molecule has 0 fully saturated rings. The quantitative estimate of drug-likeness (QED) is 0.372. The number of carbonyl (C=O) groups is 1. The number of carbonyl (C=O) groups excluding carboxylic acids is 1. The zero-order valence-corrected chi connectivity index (χ0v) is 20.0. The summed E-state index contributed by atoms with van der Waals surface area (Å²) in [6.45, 7) is 15.7. The SMILES string of the molecule is CC(=O)Oc1c(C)c(C)c2c(c1C)CCC(C)(C(=S)Nc1c(C)cc(C)cc1C)O2. The van der Waals surface area contributed by atoms with Crippen LogP contribution in [0.5, 0.6) is 11.5 Å². The van der Waals surface area contributed by atoms with E-state index in [9.17, 15) is 4.79 Å². The third kappa shape index (κ3) is 3.95. The molecule has 0 bridgehead atoms. The van der Waals surface area contributed by atoms with Gasteiger partial charge in [-0.3, -0.25) is 4.79 Å². The zero-order valence-electron chi connectivity index (χ0n) is 19.2. The Morgan fingerprint density at radius 2 is 1.67 bits per heavy atom. The predicted molar refractivity (Wildman–Crippen MR) is 126 cm³/mol. The predicted octanol–water partition coefficient (Wildman–Crippen LogP) is 5.99. The fourth-order valence-electron chi connectivity index (χ4n) is 4.31. The highest BCUT2D eigenvalue weighted by atomic mass is 32.1. The minimum Gasteiger partial charge on any atom is -0.480 e. The molecular weight excluding hydrogens is 394 g/mol. The number of thiocarbonyl (C=S) groups is 1. The molecule has 1 atom stereocenters. The van der Waals surface area contributed by atoms with Crippen molar-refractivity contribution in [3.05, 3.63) is 51.1 Å². The van der Waals surface area contributed by atoms with E-state index in [0.717, 1.165) is 46.5 Å². The van der Waals surface area contributed by atoms with Gasteiger partial charge in [0.05, 0.1) is 0 Å². The number of hydrogen-bond donors (Lipinski definition) is 1. The number of nitrogens with one attached hydrogen (secondary N) is 1. The number of esters is 1. The number of aryl methyl sites for hydroxylation is 3. The topological polar surface area (TPSA) is 47.6 Å². The van der Waals surface area contributed by atoms with E-state index in [2.05, 4.69) is 38.2 Å². The molecule has 0 aromatic heterocycles. The van der Waals surface area contributed by atoms with Gasteiger partial charge < -0.3 is 14.8 Å². The summed E-state index contributed by atoms with van der Waals surface area (Å²) in [7, 11) is 0. The van der Waals surface area contributed by atoms with E-state index in [4.69, 9.17) is 21.7 Å². The van der Waals surface area contributed by atoms with Crippen molar-refractivity contribution in [1.82, 2.24) is 0 Å². The summed E-state index contributed by atoms with van der Waals surface area (Å²) < 4.78 is 12.1. The number of hydrogen-bond acceptors (Lipinski definition) is 4. The van der Waals surface area contributed by atoms with Gasteiger partial charge in [0.2, 0.25) is 0 Å². The summed E-state index contributed by atoms with van der Waals surface area (Å²) in [6.07, 6.45) is 1.55. The van der Waals surface area contributed by atoms with Crippen LogP contribution in [0.2, 0.25) is 0 Å². The molecule has 0 amide bonds. The lowest BCUT2D eigenvalue weighted by Gasteiger charge is -2.39.